The third-order valence-electron chi connectivity index (χ3n) is 2.13. The Kier molecular flexibility index (Phi) is 2.52. The zero-order valence-corrected chi connectivity index (χ0v) is 8.32. The Hall–Kier alpha value is -2.41. The topological polar surface area (TPSA) is 121 Å². The molecular weight excluding hydrogens is 230 g/mol. The predicted molar refractivity (Wildman–Crippen MR) is 53.6 cm³/mol. The lowest BCUT2D eigenvalue weighted by atomic mass is 10.2. The maximum Gasteiger partial charge on any atom is 0.342 e. The lowest BCUT2D eigenvalue weighted by Gasteiger charge is -1.96. The monoisotopic (exact) mass is 237 g/mol. The van der Waals surface area contributed by atoms with Gasteiger partial charge >= 0.3 is 11.9 Å². The maximum absolute atomic E-state index is 10.9. The fourth-order valence-corrected chi connectivity index (χ4v) is 1.36. The van der Waals surface area contributed by atoms with Crippen molar-refractivity contribution in [2.75, 3.05) is 0 Å². The predicted octanol–water partition coefficient (Wildman–Crippen LogP) is 0.644. The van der Waals surface area contributed by atoms with Gasteiger partial charge in [-0.1, -0.05) is 6.07 Å². The van der Waals surface area contributed by atoms with Gasteiger partial charge in [-0.3, -0.25) is 0 Å². The highest BCUT2D eigenvalue weighted by Gasteiger charge is 2.24. The van der Waals surface area contributed by atoms with Crippen LogP contribution in [0.15, 0.2) is 22.6 Å². The Balaban J connectivity index is 2.61. The third-order valence-corrected chi connectivity index (χ3v) is 2.13. The van der Waals surface area contributed by atoms with Crippen LogP contribution in [0.2, 0.25) is 0 Å². The first kappa shape index (κ1) is 11.1. The Morgan fingerprint density at radius 1 is 1.29 bits per heavy atom. The second-order valence-corrected chi connectivity index (χ2v) is 3.25. The summed E-state index contributed by atoms with van der Waals surface area (Å²) in [6.07, 6.45) is -1.91. The molecule has 2 aromatic rings. The summed E-state index contributed by atoms with van der Waals surface area (Å²) in [7, 11) is 0. The number of para-hydroxylation sites is 1. The Labute approximate surface area is 93.9 Å². The smallest absolute Gasteiger partial charge is 0.342 e. The van der Waals surface area contributed by atoms with E-state index in [1.54, 1.807) is 0 Å². The molecular formula is C10H7NO6. The summed E-state index contributed by atoms with van der Waals surface area (Å²) >= 11 is 0. The zero-order valence-electron chi connectivity index (χ0n) is 8.32. The number of fused-ring (bicyclic) bond motifs is 1. The van der Waals surface area contributed by atoms with E-state index in [2.05, 4.69) is 4.98 Å². The lowest BCUT2D eigenvalue weighted by Crippen LogP contribution is -2.10. The Morgan fingerprint density at radius 2 is 2.00 bits per heavy atom. The number of hydrogen-bond donors (Lipinski definition) is 3. The van der Waals surface area contributed by atoms with E-state index >= 15 is 0 Å². The molecule has 88 valence electrons. The van der Waals surface area contributed by atoms with Crippen LogP contribution >= 0.6 is 0 Å². The maximum atomic E-state index is 10.9. The molecule has 1 aromatic heterocycles. The standard InChI is InChI=1S/C10H7NO6/c12-7(10(15)16)8-11-6-4(9(13)14)2-1-3-5(6)17-8/h1-3,7,12H,(H,13,14)(H,15,16). The van der Waals surface area contributed by atoms with E-state index in [4.69, 9.17) is 14.6 Å². The molecule has 1 aromatic carbocycles. The molecule has 0 aliphatic rings. The van der Waals surface area contributed by atoms with Gasteiger partial charge in [-0.15, -0.1) is 0 Å². The van der Waals surface area contributed by atoms with Crippen LogP contribution in [-0.2, 0) is 4.79 Å². The van der Waals surface area contributed by atoms with Gasteiger partial charge in [-0.2, -0.15) is 0 Å². The van der Waals surface area contributed by atoms with Gasteiger partial charge in [0.1, 0.15) is 5.52 Å². The van der Waals surface area contributed by atoms with Crippen LogP contribution in [0, 0.1) is 0 Å². The molecule has 0 aliphatic carbocycles. The number of aliphatic hydroxyl groups excluding tert-OH is 1. The van der Waals surface area contributed by atoms with Gasteiger partial charge in [0, 0.05) is 0 Å². The van der Waals surface area contributed by atoms with Crippen LogP contribution in [0.5, 0.6) is 0 Å². The molecule has 17 heavy (non-hydrogen) atoms. The molecule has 0 radical (unpaired) electrons. The number of aromatic carboxylic acids is 1. The van der Waals surface area contributed by atoms with E-state index in [1.807, 2.05) is 0 Å². The second-order valence-electron chi connectivity index (χ2n) is 3.25. The van der Waals surface area contributed by atoms with Crippen molar-refractivity contribution in [1.82, 2.24) is 4.98 Å². The van der Waals surface area contributed by atoms with Crippen molar-refractivity contribution >= 4 is 23.0 Å². The van der Waals surface area contributed by atoms with E-state index in [9.17, 15) is 14.7 Å². The number of oxazole rings is 1. The van der Waals surface area contributed by atoms with Crippen molar-refractivity contribution in [3.63, 3.8) is 0 Å². The number of aliphatic carboxylic acids is 1. The number of hydrogen-bond acceptors (Lipinski definition) is 5. The normalized spacial score (nSPS) is 12.5. The molecule has 0 fully saturated rings. The van der Waals surface area contributed by atoms with Crippen LogP contribution in [0.4, 0.5) is 0 Å². The van der Waals surface area contributed by atoms with Gasteiger partial charge in [0.15, 0.2) is 5.58 Å². The molecule has 0 saturated heterocycles. The third kappa shape index (κ3) is 1.83. The first-order valence-corrected chi connectivity index (χ1v) is 4.54. The highest BCUT2D eigenvalue weighted by atomic mass is 16.4. The first-order chi connectivity index (χ1) is 8.00. The summed E-state index contributed by atoms with van der Waals surface area (Å²) in [5, 5.41) is 26.7. The number of aromatic nitrogens is 1. The summed E-state index contributed by atoms with van der Waals surface area (Å²) < 4.78 is 4.98. The van der Waals surface area contributed by atoms with Crippen molar-refractivity contribution in [3.05, 3.63) is 29.7 Å². The van der Waals surface area contributed by atoms with Crippen molar-refractivity contribution in [3.8, 4) is 0 Å². The van der Waals surface area contributed by atoms with Crippen molar-refractivity contribution < 1.29 is 29.3 Å². The molecule has 0 saturated carbocycles. The molecule has 7 heteroatoms. The molecule has 3 N–H and O–H groups in total. The highest BCUT2D eigenvalue weighted by molar-refractivity contribution is 6.00. The van der Waals surface area contributed by atoms with Crippen LogP contribution < -0.4 is 0 Å². The zero-order chi connectivity index (χ0) is 12.6. The minimum absolute atomic E-state index is 0.00954. The Bertz CT molecular complexity index is 602. The Morgan fingerprint density at radius 3 is 2.59 bits per heavy atom. The van der Waals surface area contributed by atoms with E-state index < -0.39 is 23.9 Å². The van der Waals surface area contributed by atoms with Crippen molar-refractivity contribution in [1.29, 1.82) is 0 Å². The number of benzene rings is 1. The van der Waals surface area contributed by atoms with E-state index in [0.717, 1.165) is 0 Å². The number of carbonyl (C=O) groups is 2. The fraction of sp³-hybridized carbons (Fsp3) is 0.100. The molecule has 2 rings (SSSR count). The van der Waals surface area contributed by atoms with Crippen molar-refractivity contribution in [2.24, 2.45) is 0 Å². The SMILES string of the molecule is O=C(O)c1cccc2oc(C(O)C(=O)O)nc12. The lowest BCUT2D eigenvalue weighted by molar-refractivity contribution is -0.148. The molecule has 7 nitrogen and oxygen atoms in total. The summed E-state index contributed by atoms with van der Waals surface area (Å²) in [5.41, 5.74) is 0.00517. The average molecular weight is 237 g/mol. The van der Waals surface area contributed by atoms with Crippen LogP contribution in [0.25, 0.3) is 11.1 Å². The molecule has 1 heterocycles. The first-order valence-electron chi connectivity index (χ1n) is 4.54. The van der Waals surface area contributed by atoms with Crippen LogP contribution in [0.3, 0.4) is 0 Å². The van der Waals surface area contributed by atoms with Gasteiger partial charge in [0.2, 0.25) is 12.0 Å². The summed E-state index contributed by atoms with van der Waals surface area (Å²) in [6, 6.07) is 4.19. The summed E-state index contributed by atoms with van der Waals surface area (Å²) in [5.74, 6) is -3.17. The molecule has 1 unspecified atom stereocenters. The van der Waals surface area contributed by atoms with E-state index in [-0.39, 0.29) is 16.7 Å². The second kappa shape index (κ2) is 3.87. The molecule has 0 amide bonds. The van der Waals surface area contributed by atoms with Crippen LogP contribution in [-0.4, -0.2) is 32.2 Å². The van der Waals surface area contributed by atoms with Gasteiger partial charge < -0.3 is 19.7 Å². The minimum Gasteiger partial charge on any atom is -0.479 e. The number of rotatable bonds is 3. The van der Waals surface area contributed by atoms with Crippen LogP contribution in [0.1, 0.15) is 22.4 Å². The summed E-state index contributed by atoms with van der Waals surface area (Å²) in [4.78, 5) is 25.1. The van der Waals surface area contributed by atoms with Gasteiger partial charge in [-0.25, -0.2) is 14.6 Å². The van der Waals surface area contributed by atoms with Gasteiger partial charge in [-0.05, 0) is 12.1 Å². The summed E-state index contributed by atoms with van der Waals surface area (Å²) in [6.45, 7) is 0. The molecule has 0 spiro atoms. The number of carboxylic acids is 2. The number of carboxylic acid groups (broad SMARTS) is 2. The van der Waals surface area contributed by atoms with E-state index in [1.165, 1.54) is 18.2 Å². The fourth-order valence-electron chi connectivity index (χ4n) is 1.36. The molecule has 0 bridgehead atoms. The molecule has 1 atom stereocenters. The number of aliphatic hydroxyl groups is 1. The number of nitrogens with zero attached hydrogens (tertiary/aromatic N) is 1. The minimum atomic E-state index is -1.91. The van der Waals surface area contributed by atoms with Crippen molar-refractivity contribution in [2.45, 2.75) is 6.10 Å². The van der Waals surface area contributed by atoms with E-state index in [0.29, 0.717) is 0 Å². The van der Waals surface area contributed by atoms with Gasteiger partial charge in [0.25, 0.3) is 0 Å². The molecule has 0 aliphatic heterocycles. The quantitative estimate of drug-likeness (QED) is 0.716. The van der Waals surface area contributed by atoms with Gasteiger partial charge in [0.05, 0.1) is 5.56 Å². The largest absolute Gasteiger partial charge is 0.479 e. The average Bonchev–Trinajstić information content (AvgIpc) is 2.70. The highest BCUT2D eigenvalue weighted by Crippen LogP contribution is 2.23.